The monoisotopic (exact) mass is 304 g/mol. The predicted octanol–water partition coefficient (Wildman–Crippen LogP) is 3.74. The van der Waals surface area contributed by atoms with E-state index in [1.165, 1.54) is 6.92 Å². The molecule has 0 saturated heterocycles. The van der Waals surface area contributed by atoms with Crippen molar-refractivity contribution in [2.45, 2.75) is 13.3 Å². The van der Waals surface area contributed by atoms with E-state index in [-0.39, 0.29) is 18.0 Å². The van der Waals surface area contributed by atoms with E-state index in [2.05, 4.69) is 9.98 Å². The van der Waals surface area contributed by atoms with Gasteiger partial charge in [0.1, 0.15) is 11.3 Å². The summed E-state index contributed by atoms with van der Waals surface area (Å²) >= 11 is 0. The number of rotatable bonds is 2. The minimum absolute atomic E-state index is 0.0142. The highest BCUT2D eigenvalue weighted by Gasteiger charge is 2.23. The van der Waals surface area contributed by atoms with Gasteiger partial charge >= 0.3 is 0 Å². The zero-order valence-corrected chi connectivity index (χ0v) is 12.4. The number of benzene rings is 1. The van der Waals surface area contributed by atoms with Gasteiger partial charge in [-0.15, -0.1) is 0 Å². The van der Waals surface area contributed by atoms with Gasteiger partial charge in [0.2, 0.25) is 0 Å². The standard InChI is InChI=1S/C18H12N2O3/c1-10(21)12-4-2-3-11-7-17(23-18(11)12)14-8-16(22)13-5-6-19-9-15(13)20-14/h2-7,9H,8H2,1H3. The molecule has 3 aromatic rings. The number of pyridine rings is 1. The molecule has 0 bridgehead atoms. The Bertz CT molecular complexity index is 998. The Labute approximate surface area is 131 Å². The molecule has 1 aromatic carbocycles. The molecule has 112 valence electrons. The van der Waals surface area contributed by atoms with Gasteiger partial charge in [-0.05, 0) is 25.1 Å². The number of aliphatic imine (C=N–C) groups is 1. The number of hydrogen-bond acceptors (Lipinski definition) is 5. The van der Waals surface area contributed by atoms with Crippen LogP contribution in [-0.2, 0) is 0 Å². The van der Waals surface area contributed by atoms with Gasteiger partial charge in [0, 0.05) is 17.1 Å². The Morgan fingerprint density at radius 2 is 2.13 bits per heavy atom. The maximum atomic E-state index is 12.3. The number of aromatic nitrogens is 1. The second kappa shape index (κ2) is 4.98. The molecule has 1 aliphatic rings. The minimum atomic E-state index is -0.0623. The summed E-state index contributed by atoms with van der Waals surface area (Å²) in [5.74, 6) is 0.434. The van der Waals surface area contributed by atoms with E-state index in [4.69, 9.17) is 4.42 Å². The molecule has 0 unspecified atom stereocenters. The summed E-state index contributed by atoms with van der Waals surface area (Å²) in [5, 5.41) is 0.819. The van der Waals surface area contributed by atoms with E-state index in [1.54, 1.807) is 24.5 Å². The number of nitrogens with zero attached hydrogens (tertiary/aromatic N) is 2. The van der Waals surface area contributed by atoms with Gasteiger partial charge in [-0.2, -0.15) is 0 Å². The van der Waals surface area contributed by atoms with E-state index in [0.29, 0.717) is 33.9 Å². The Hall–Kier alpha value is -3.08. The number of furan rings is 1. The molecule has 4 rings (SSSR count). The fourth-order valence-electron chi connectivity index (χ4n) is 2.77. The molecule has 2 aromatic heterocycles. The van der Waals surface area contributed by atoms with Crippen LogP contribution in [0.4, 0.5) is 5.69 Å². The van der Waals surface area contributed by atoms with Crippen molar-refractivity contribution in [2.75, 3.05) is 0 Å². The molecule has 5 nitrogen and oxygen atoms in total. The number of fused-ring (bicyclic) bond motifs is 2. The number of ketones is 2. The van der Waals surface area contributed by atoms with Crippen LogP contribution in [0.3, 0.4) is 0 Å². The molecule has 0 amide bonds. The summed E-state index contributed by atoms with van der Waals surface area (Å²) in [7, 11) is 0. The second-order valence-electron chi connectivity index (χ2n) is 5.44. The van der Waals surface area contributed by atoms with Crippen LogP contribution in [0.5, 0.6) is 0 Å². The van der Waals surface area contributed by atoms with Gasteiger partial charge in [-0.3, -0.25) is 14.6 Å². The van der Waals surface area contributed by atoms with Crippen molar-refractivity contribution >= 4 is 33.9 Å². The van der Waals surface area contributed by atoms with Crippen LogP contribution in [0.25, 0.3) is 11.0 Å². The van der Waals surface area contributed by atoms with Crippen LogP contribution in [0.2, 0.25) is 0 Å². The highest BCUT2D eigenvalue weighted by molar-refractivity contribution is 6.20. The fraction of sp³-hybridized carbons (Fsp3) is 0.111. The van der Waals surface area contributed by atoms with Crippen LogP contribution in [0.15, 0.2) is 52.1 Å². The summed E-state index contributed by atoms with van der Waals surface area (Å²) in [5.41, 5.74) is 2.73. The normalized spacial score (nSPS) is 13.8. The van der Waals surface area contributed by atoms with Crippen LogP contribution < -0.4 is 0 Å². The van der Waals surface area contributed by atoms with Crippen LogP contribution in [0, 0.1) is 0 Å². The third-order valence-corrected chi connectivity index (χ3v) is 3.89. The summed E-state index contributed by atoms with van der Waals surface area (Å²) in [6.07, 6.45) is 3.32. The molecule has 0 radical (unpaired) electrons. The smallest absolute Gasteiger partial charge is 0.171 e. The van der Waals surface area contributed by atoms with Crippen molar-refractivity contribution in [3.63, 3.8) is 0 Å². The molecule has 1 aliphatic heterocycles. The van der Waals surface area contributed by atoms with Crippen molar-refractivity contribution in [1.29, 1.82) is 0 Å². The van der Waals surface area contributed by atoms with Crippen molar-refractivity contribution in [1.82, 2.24) is 4.98 Å². The number of hydrogen-bond donors (Lipinski definition) is 0. The van der Waals surface area contributed by atoms with Crippen molar-refractivity contribution in [3.8, 4) is 0 Å². The average Bonchev–Trinajstić information content (AvgIpc) is 2.98. The maximum Gasteiger partial charge on any atom is 0.171 e. The third kappa shape index (κ3) is 2.17. The number of Topliss-reactive ketones (excluding diaryl/α,β-unsaturated/α-hetero) is 2. The van der Waals surface area contributed by atoms with Gasteiger partial charge < -0.3 is 4.42 Å². The first-order chi connectivity index (χ1) is 11.1. The van der Waals surface area contributed by atoms with Crippen LogP contribution in [-0.4, -0.2) is 22.3 Å². The molecule has 0 fully saturated rings. The summed E-state index contributed by atoms with van der Waals surface area (Å²) < 4.78 is 5.84. The first-order valence-corrected chi connectivity index (χ1v) is 7.22. The summed E-state index contributed by atoms with van der Waals surface area (Å²) in [6.45, 7) is 1.50. The number of para-hydroxylation sites is 1. The van der Waals surface area contributed by atoms with Crippen molar-refractivity contribution < 1.29 is 14.0 Å². The van der Waals surface area contributed by atoms with E-state index in [9.17, 15) is 9.59 Å². The quantitative estimate of drug-likeness (QED) is 0.676. The number of carbonyl (C=O) groups is 2. The average molecular weight is 304 g/mol. The molecular formula is C18H12N2O3. The summed E-state index contributed by atoms with van der Waals surface area (Å²) in [6, 6.07) is 8.89. The number of carbonyl (C=O) groups excluding carboxylic acids is 2. The van der Waals surface area contributed by atoms with Crippen molar-refractivity contribution in [3.05, 3.63) is 59.6 Å². The van der Waals surface area contributed by atoms with E-state index in [0.717, 1.165) is 5.39 Å². The summed E-state index contributed by atoms with van der Waals surface area (Å²) in [4.78, 5) is 32.5. The molecule has 0 aliphatic carbocycles. The van der Waals surface area contributed by atoms with Gasteiger partial charge in [-0.1, -0.05) is 12.1 Å². The topological polar surface area (TPSA) is 72.5 Å². The molecule has 0 atom stereocenters. The first kappa shape index (κ1) is 13.6. The van der Waals surface area contributed by atoms with Crippen molar-refractivity contribution in [2.24, 2.45) is 4.99 Å². The first-order valence-electron chi connectivity index (χ1n) is 7.22. The van der Waals surface area contributed by atoms with Gasteiger partial charge in [-0.25, -0.2) is 4.99 Å². The highest BCUT2D eigenvalue weighted by atomic mass is 16.3. The molecule has 3 heterocycles. The largest absolute Gasteiger partial charge is 0.454 e. The molecular weight excluding hydrogens is 292 g/mol. The molecule has 23 heavy (non-hydrogen) atoms. The van der Waals surface area contributed by atoms with Crippen LogP contribution in [0.1, 0.15) is 39.8 Å². The van der Waals surface area contributed by atoms with Gasteiger partial charge in [0.15, 0.2) is 11.6 Å². The maximum absolute atomic E-state index is 12.3. The predicted molar refractivity (Wildman–Crippen MR) is 85.6 cm³/mol. The third-order valence-electron chi connectivity index (χ3n) is 3.89. The SMILES string of the molecule is CC(=O)c1cccc2cc(C3=Nc4cnccc4C(=O)C3)oc12. The molecule has 0 N–H and O–H groups in total. The molecule has 0 spiro atoms. The lowest BCUT2D eigenvalue weighted by Gasteiger charge is -2.12. The van der Waals surface area contributed by atoms with Gasteiger partial charge in [0.25, 0.3) is 0 Å². The zero-order chi connectivity index (χ0) is 16.0. The lowest BCUT2D eigenvalue weighted by Crippen LogP contribution is -2.13. The highest BCUT2D eigenvalue weighted by Crippen LogP contribution is 2.30. The molecule has 5 heteroatoms. The Morgan fingerprint density at radius 3 is 2.96 bits per heavy atom. The van der Waals surface area contributed by atoms with E-state index >= 15 is 0 Å². The van der Waals surface area contributed by atoms with E-state index < -0.39 is 0 Å². The van der Waals surface area contributed by atoms with Gasteiger partial charge in [0.05, 0.1) is 29.6 Å². The Balaban J connectivity index is 1.88. The minimum Gasteiger partial charge on any atom is -0.454 e. The Kier molecular flexibility index (Phi) is 2.94. The van der Waals surface area contributed by atoms with E-state index in [1.807, 2.05) is 18.2 Å². The fourth-order valence-corrected chi connectivity index (χ4v) is 2.77. The molecule has 0 saturated carbocycles. The van der Waals surface area contributed by atoms with Crippen LogP contribution >= 0.6 is 0 Å². The lowest BCUT2D eigenvalue weighted by atomic mass is 10.0. The zero-order valence-electron chi connectivity index (χ0n) is 12.4. The Morgan fingerprint density at radius 1 is 1.26 bits per heavy atom. The second-order valence-corrected chi connectivity index (χ2v) is 5.44. The lowest BCUT2D eigenvalue weighted by molar-refractivity contribution is 0.0995.